The second kappa shape index (κ2) is 5.11. The summed E-state index contributed by atoms with van der Waals surface area (Å²) < 4.78 is 0. The molecule has 2 N–H and O–H groups in total. The van der Waals surface area contributed by atoms with Crippen LogP contribution in [0.25, 0.3) is 21.6 Å². The molecule has 96 valence electrons. The lowest BCUT2D eigenvalue weighted by Gasteiger charge is -2.05. The van der Waals surface area contributed by atoms with Crippen molar-refractivity contribution in [2.24, 2.45) is 0 Å². The van der Waals surface area contributed by atoms with Crippen LogP contribution in [-0.2, 0) is 0 Å². The number of pyridine rings is 2. The Morgan fingerprint density at radius 2 is 1.50 bits per heavy atom. The molecule has 0 aliphatic carbocycles. The maximum Gasteiger partial charge on any atom is 0.129 e. The topological polar surface area (TPSA) is 75.6 Å². The van der Waals surface area contributed by atoms with Gasteiger partial charge in [0.05, 0.1) is 5.69 Å². The number of nitriles is 1. The van der Waals surface area contributed by atoms with Crippen molar-refractivity contribution in [3.63, 3.8) is 0 Å². The summed E-state index contributed by atoms with van der Waals surface area (Å²) in [6, 6.07) is 9.77. The SMILES string of the molecule is N#Cc1sc(-c2ccncc2)c(-c2ccncc2)c1N. The number of nitrogen functional groups attached to an aromatic ring is 1. The quantitative estimate of drug-likeness (QED) is 0.780. The Morgan fingerprint density at radius 1 is 0.950 bits per heavy atom. The van der Waals surface area contributed by atoms with E-state index in [1.54, 1.807) is 24.8 Å². The van der Waals surface area contributed by atoms with Gasteiger partial charge in [-0.15, -0.1) is 11.3 Å². The van der Waals surface area contributed by atoms with Crippen molar-refractivity contribution in [3.8, 4) is 27.6 Å². The van der Waals surface area contributed by atoms with Gasteiger partial charge >= 0.3 is 0 Å². The first-order valence-electron chi connectivity index (χ1n) is 5.94. The van der Waals surface area contributed by atoms with Gasteiger partial charge in [0.2, 0.25) is 0 Å². The van der Waals surface area contributed by atoms with Crippen LogP contribution < -0.4 is 5.73 Å². The zero-order valence-electron chi connectivity index (χ0n) is 10.4. The van der Waals surface area contributed by atoms with E-state index in [2.05, 4.69) is 16.0 Å². The number of thiophene rings is 1. The second-order valence-corrected chi connectivity index (χ2v) is 5.15. The van der Waals surface area contributed by atoms with Crippen LogP contribution in [0.2, 0.25) is 0 Å². The molecule has 3 aromatic rings. The van der Waals surface area contributed by atoms with Gasteiger partial charge in [0.15, 0.2) is 0 Å². The summed E-state index contributed by atoms with van der Waals surface area (Å²) in [4.78, 5) is 9.55. The fourth-order valence-corrected chi connectivity index (χ4v) is 3.08. The summed E-state index contributed by atoms with van der Waals surface area (Å²) >= 11 is 1.40. The molecule has 0 radical (unpaired) electrons. The first-order valence-corrected chi connectivity index (χ1v) is 6.76. The number of hydrogen-bond donors (Lipinski definition) is 1. The number of rotatable bonds is 2. The van der Waals surface area contributed by atoms with Gasteiger partial charge in [-0.25, -0.2) is 0 Å². The maximum atomic E-state index is 9.21. The van der Waals surface area contributed by atoms with E-state index >= 15 is 0 Å². The maximum absolute atomic E-state index is 9.21. The van der Waals surface area contributed by atoms with E-state index in [0.717, 1.165) is 21.6 Å². The van der Waals surface area contributed by atoms with Crippen molar-refractivity contribution >= 4 is 17.0 Å². The largest absolute Gasteiger partial charge is 0.396 e. The molecule has 0 aliphatic rings. The third-order valence-corrected chi connectivity index (χ3v) is 4.12. The Bertz CT molecular complexity index is 773. The molecular weight excluding hydrogens is 268 g/mol. The Kier molecular flexibility index (Phi) is 3.15. The minimum atomic E-state index is 0.524. The van der Waals surface area contributed by atoms with Crippen molar-refractivity contribution in [2.45, 2.75) is 0 Å². The molecule has 20 heavy (non-hydrogen) atoms. The van der Waals surface area contributed by atoms with Gasteiger partial charge in [-0.05, 0) is 35.4 Å². The molecule has 0 amide bonds. The molecule has 0 aliphatic heterocycles. The van der Waals surface area contributed by atoms with Crippen LogP contribution in [0.3, 0.4) is 0 Å². The van der Waals surface area contributed by atoms with Crippen molar-refractivity contribution in [1.29, 1.82) is 5.26 Å². The van der Waals surface area contributed by atoms with Crippen LogP contribution in [0.5, 0.6) is 0 Å². The van der Waals surface area contributed by atoms with Crippen molar-refractivity contribution in [1.82, 2.24) is 9.97 Å². The van der Waals surface area contributed by atoms with Gasteiger partial charge in [0.1, 0.15) is 10.9 Å². The number of aromatic nitrogens is 2. The lowest BCUT2D eigenvalue weighted by atomic mass is 10.0. The van der Waals surface area contributed by atoms with Gasteiger partial charge in [0, 0.05) is 35.2 Å². The van der Waals surface area contributed by atoms with E-state index < -0.39 is 0 Å². The van der Waals surface area contributed by atoms with Crippen LogP contribution >= 0.6 is 11.3 Å². The van der Waals surface area contributed by atoms with Gasteiger partial charge < -0.3 is 5.73 Å². The molecule has 0 bridgehead atoms. The highest BCUT2D eigenvalue weighted by Gasteiger charge is 2.18. The van der Waals surface area contributed by atoms with Gasteiger partial charge in [-0.3, -0.25) is 9.97 Å². The summed E-state index contributed by atoms with van der Waals surface area (Å²) in [5.74, 6) is 0. The summed E-state index contributed by atoms with van der Waals surface area (Å²) in [6.07, 6.45) is 6.89. The molecule has 0 aromatic carbocycles. The van der Waals surface area contributed by atoms with E-state index in [1.165, 1.54) is 11.3 Å². The zero-order valence-corrected chi connectivity index (χ0v) is 11.3. The van der Waals surface area contributed by atoms with Crippen LogP contribution in [0.4, 0.5) is 5.69 Å². The molecule has 0 spiro atoms. The third-order valence-electron chi connectivity index (χ3n) is 2.96. The minimum Gasteiger partial charge on any atom is -0.396 e. The van der Waals surface area contributed by atoms with Crippen molar-refractivity contribution in [2.75, 3.05) is 5.73 Å². The lowest BCUT2D eigenvalue weighted by molar-refractivity contribution is 1.33. The normalized spacial score (nSPS) is 10.2. The number of nitrogens with zero attached hydrogens (tertiary/aromatic N) is 3. The molecule has 0 saturated heterocycles. The van der Waals surface area contributed by atoms with Crippen molar-refractivity contribution in [3.05, 3.63) is 53.9 Å². The number of hydrogen-bond acceptors (Lipinski definition) is 5. The average molecular weight is 278 g/mol. The van der Waals surface area contributed by atoms with Crippen LogP contribution in [-0.4, -0.2) is 9.97 Å². The monoisotopic (exact) mass is 278 g/mol. The summed E-state index contributed by atoms with van der Waals surface area (Å²) in [6.45, 7) is 0. The molecular formula is C15H10N4S. The highest BCUT2D eigenvalue weighted by Crippen LogP contribution is 2.44. The predicted molar refractivity (Wildman–Crippen MR) is 79.9 cm³/mol. The van der Waals surface area contributed by atoms with Crippen LogP contribution in [0.15, 0.2) is 49.1 Å². The fraction of sp³-hybridized carbons (Fsp3) is 0. The Morgan fingerprint density at radius 3 is 2.05 bits per heavy atom. The number of anilines is 1. The zero-order chi connectivity index (χ0) is 13.9. The molecule has 0 fully saturated rings. The molecule has 3 aromatic heterocycles. The third kappa shape index (κ3) is 2.02. The Hall–Kier alpha value is -2.71. The lowest BCUT2D eigenvalue weighted by Crippen LogP contribution is -1.89. The van der Waals surface area contributed by atoms with E-state index in [0.29, 0.717) is 10.6 Å². The molecule has 3 heterocycles. The summed E-state index contributed by atoms with van der Waals surface area (Å²) in [5.41, 5.74) is 9.51. The van der Waals surface area contributed by atoms with Crippen LogP contribution in [0, 0.1) is 11.3 Å². The van der Waals surface area contributed by atoms with E-state index in [1.807, 2.05) is 24.3 Å². The molecule has 5 heteroatoms. The molecule has 0 saturated carbocycles. The molecule has 3 rings (SSSR count). The predicted octanol–water partition coefficient (Wildman–Crippen LogP) is 3.33. The van der Waals surface area contributed by atoms with E-state index in [-0.39, 0.29) is 0 Å². The summed E-state index contributed by atoms with van der Waals surface area (Å²) in [7, 11) is 0. The molecule has 0 unspecified atom stereocenters. The van der Waals surface area contributed by atoms with Gasteiger partial charge in [0.25, 0.3) is 0 Å². The van der Waals surface area contributed by atoms with Crippen LogP contribution in [0.1, 0.15) is 4.88 Å². The van der Waals surface area contributed by atoms with E-state index in [9.17, 15) is 5.26 Å². The Labute approximate surface area is 120 Å². The highest BCUT2D eigenvalue weighted by atomic mass is 32.1. The number of nitrogens with two attached hydrogens (primary N) is 1. The van der Waals surface area contributed by atoms with E-state index in [4.69, 9.17) is 5.73 Å². The average Bonchev–Trinajstić information content (AvgIpc) is 2.86. The Balaban J connectivity index is 2.28. The van der Waals surface area contributed by atoms with Crippen molar-refractivity contribution < 1.29 is 0 Å². The molecule has 4 nitrogen and oxygen atoms in total. The summed E-state index contributed by atoms with van der Waals surface area (Å²) in [5, 5.41) is 9.21. The molecule has 0 atom stereocenters. The minimum absolute atomic E-state index is 0.524. The smallest absolute Gasteiger partial charge is 0.129 e. The highest BCUT2D eigenvalue weighted by molar-refractivity contribution is 7.17. The first kappa shape index (κ1) is 12.3. The van der Waals surface area contributed by atoms with Gasteiger partial charge in [-0.2, -0.15) is 5.26 Å². The van der Waals surface area contributed by atoms with Gasteiger partial charge in [-0.1, -0.05) is 0 Å². The second-order valence-electron chi connectivity index (χ2n) is 4.13. The standard InChI is InChI=1S/C15H10N4S/c16-9-12-14(17)13(10-1-5-18-6-2-10)15(20-12)11-3-7-19-8-4-11/h1-8H,17H2. The fourth-order valence-electron chi connectivity index (χ4n) is 2.04. The first-order chi connectivity index (χ1) is 9.81.